The van der Waals surface area contributed by atoms with Gasteiger partial charge in [0.15, 0.2) is 5.82 Å². The number of hydrogen-bond donors (Lipinski definition) is 2. The Morgan fingerprint density at radius 1 is 1.33 bits per heavy atom. The summed E-state index contributed by atoms with van der Waals surface area (Å²) in [6.07, 6.45) is 2.00. The van der Waals surface area contributed by atoms with E-state index in [0.717, 1.165) is 37.6 Å². The predicted octanol–water partition coefficient (Wildman–Crippen LogP) is 2.97. The van der Waals surface area contributed by atoms with Gasteiger partial charge in [-0.2, -0.15) is 5.10 Å². The number of piperidine rings is 1. The molecule has 0 saturated carbocycles. The molecule has 1 fully saturated rings. The minimum Gasteiger partial charge on any atom is -0.343 e. The van der Waals surface area contributed by atoms with Gasteiger partial charge in [0.2, 0.25) is 0 Å². The molecule has 2 amide bonds. The molecule has 2 aromatic heterocycles. The summed E-state index contributed by atoms with van der Waals surface area (Å²) in [6.45, 7) is 6.85. The number of carbonyl (C=O) groups is 1. The molecule has 0 aliphatic carbocycles. The average Bonchev–Trinajstić information content (AvgIpc) is 3.25. The van der Waals surface area contributed by atoms with Crippen molar-refractivity contribution in [1.82, 2.24) is 30.0 Å². The lowest BCUT2D eigenvalue weighted by Crippen LogP contribution is -2.45. The maximum atomic E-state index is 12.6. The number of hydrogen-bond acceptors (Lipinski definition) is 3. The zero-order chi connectivity index (χ0) is 18.8. The predicted molar refractivity (Wildman–Crippen MR) is 105 cm³/mol. The van der Waals surface area contributed by atoms with Gasteiger partial charge in [-0.25, -0.2) is 9.78 Å². The van der Waals surface area contributed by atoms with Crippen molar-refractivity contribution in [2.45, 2.75) is 39.2 Å². The molecule has 0 unspecified atom stereocenters. The van der Waals surface area contributed by atoms with Crippen molar-refractivity contribution in [3.05, 3.63) is 47.7 Å². The van der Waals surface area contributed by atoms with Gasteiger partial charge in [0.05, 0.1) is 0 Å². The Bertz CT molecular complexity index is 943. The van der Waals surface area contributed by atoms with E-state index in [1.54, 1.807) is 0 Å². The van der Waals surface area contributed by atoms with Gasteiger partial charge in [-0.3, -0.25) is 5.10 Å². The summed E-state index contributed by atoms with van der Waals surface area (Å²) in [5, 5.41) is 11.5. The van der Waals surface area contributed by atoms with Gasteiger partial charge in [-0.1, -0.05) is 18.2 Å². The Balaban J connectivity index is 1.34. The molecule has 0 radical (unpaired) electrons. The summed E-state index contributed by atoms with van der Waals surface area (Å²) in [6, 6.07) is 10.5. The van der Waals surface area contributed by atoms with Crippen molar-refractivity contribution >= 4 is 16.9 Å². The van der Waals surface area contributed by atoms with Crippen LogP contribution in [0, 0.1) is 13.8 Å². The van der Waals surface area contributed by atoms with Crippen LogP contribution in [0.3, 0.4) is 0 Å². The second-order valence-corrected chi connectivity index (χ2v) is 7.29. The van der Waals surface area contributed by atoms with Crippen molar-refractivity contribution in [1.29, 1.82) is 0 Å². The SMILES string of the molecule is Cc1nc([C@H]2CCCN(C(=O)NCCn3c(C)cc4ccccc43)C2)n[nH]1. The molecule has 1 saturated heterocycles. The van der Waals surface area contributed by atoms with Crippen LogP contribution in [0.4, 0.5) is 4.79 Å². The Kier molecular flexibility index (Phi) is 4.83. The van der Waals surface area contributed by atoms with E-state index in [1.165, 1.54) is 16.6 Å². The Morgan fingerprint density at radius 2 is 2.19 bits per heavy atom. The highest BCUT2D eigenvalue weighted by molar-refractivity contribution is 5.81. The molecule has 4 rings (SSSR count). The molecular formula is C20H26N6O. The molecular weight excluding hydrogens is 340 g/mol. The lowest BCUT2D eigenvalue weighted by atomic mass is 9.98. The maximum Gasteiger partial charge on any atom is 0.317 e. The van der Waals surface area contributed by atoms with Gasteiger partial charge in [-0.15, -0.1) is 0 Å². The Hall–Kier alpha value is -2.83. The number of aromatic amines is 1. The van der Waals surface area contributed by atoms with Gasteiger partial charge >= 0.3 is 6.03 Å². The van der Waals surface area contributed by atoms with Crippen LogP contribution in [-0.4, -0.2) is 50.3 Å². The maximum absolute atomic E-state index is 12.6. The Morgan fingerprint density at radius 3 is 3.00 bits per heavy atom. The van der Waals surface area contributed by atoms with Crippen LogP contribution in [0.1, 0.15) is 36.1 Å². The number of benzene rings is 1. The zero-order valence-corrected chi connectivity index (χ0v) is 15.9. The lowest BCUT2D eigenvalue weighted by Gasteiger charge is -2.31. The summed E-state index contributed by atoms with van der Waals surface area (Å²) in [4.78, 5) is 18.9. The summed E-state index contributed by atoms with van der Waals surface area (Å²) >= 11 is 0. The highest BCUT2D eigenvalue weighted by Crippen LogP contribution is 2.24. The minimum atomic E-state index is 0.000993. The fourth-order valence-electron chi connectivity index (χ4n) is 3.95. The number of para-hydroxylation sites is 1. The van der Waals surface area contributed by atoms with E-state index in [1.807, 2.05) is 11.8 Å². The minimum absolute atomic E-state index is 0.000993. The topological polar surface area (TPSA) is 78.8 Å². The molecule has 7 nitrogen and oxygen atoms in total. The molecule has 3 heterocycles. The van der Waals surface area contributed by atoms with Gasteiger partial charge < -0.3 is 14.8 Å². The van der Waals surface area contributed by atoms with Gasteiger partial charge in [0.25, 0.3) is 0 Å². The highest BCUT2D eigenvalue weighted by atomic mass is 16.2. The number of H-pyrrole nitrogens is 1. The van der Waals surface area contributed by atoms with E-state index in [-0.39, 0.29) is 11.9 Å². The fraction of sp³-hybridized carbons (Fsp3) is 0.450. The van der Waals surface area contributed by atoms with Crippen molar-refractivity contribution < 1.29 is 4.79 Å². The molecule has 3 aromatic rings. The first-order valence-corrected chi connectivity index (χ1v) is 9.58. The van der Waals surface area contributed by atoms with Gasteiger partial charge in [-0.05, 0) is 44.2 Å². The van der Waals surface area contributed by atoms with Crippen LogP contribution in [0.25, 0.3) is 10.9 Å². The quantitative estimate of drug-likeness (QED) is 0.745. The molecule has 1 atom stereocenters. The number of urea groups is 1. The molecule has 0 spiro atoms. The van der Waals surface area contributed by atoms with Crippen LogP contribution in [0.15, 0.2) is 30.3 Å². The molecule has 1 aliphatic heterocycles. The molecule has 0 bridgehead atoms. The largest absolute Gasteiger partial charge is 0.343 e. The number of likely N-dealkylation sites (tertiary alicyclic amines) is 1. The first-order valence-electron chi connectivity index (χ1n) is 9.58. The number of amides is 2. The first kappa shape index (κ1) is 17.6. The van der Waals surface area contributed by atoms with Crippen molar-refractivity contribution in [2.75, 3.05) is 19.6 Å². The summed E-state index contributed by atoms with van der Waals surface area (Å²) in [7, 11) is 0. The lowest BCUT2D eigenvalue weighted by molar-refractivity contribution is 0.178. The number of rotatable bonds is 4. The molecule has 1 aliphatic rings. The summed E-state index contributed by atoms with van der Waals surface area (Å²) in [5.74, 6) is 1.85. The standard InChI is InChI=1S/C20H26N6O/c1-14-12-16-6-3-4-8-18(16)26(14)11-9-21-20(27)25-10-5-7-17(13-25)19-22-15(2)23-24-19/h3-4,6,8,12,17H,5,7,9-11,13H2,1-2H3,(H,21,27)(H,22,23,24)/t17-/m0/s1. The number of aryl methyl sites for hydroxylation is 2. The second-order valence-electron chi connectivity index (χ2n) is 7.29. The molecule has 1 aromatic carbocycles. The fourth-order valence-corrected chi connectivity index (χ4v) is 3.95. The van der Waals surface area contributed by atoms with Crippen LogP contribution in [-0.2, 0) is 6.54 Å². The highest BCUT2D eigenvalue weighted by Gasteiger charge is 2.27. The van der Waals surface area contributed by atoms with E-state index in [4.69, 9.17) is 0 Å². The smallest absolute Gasteiger partial charge is 0.317 e. The van der Waals surface area contributed by atoms with Crippen molar-refractivity contribution in [2.24, 2.45) is 0 Å². The molecule has 142 valence electrons. The van der Waals surface area contributed by atoms with Crippen LogP contribution < -0.4 is 5.32 Å². The van der Waals surface area contributed by atoms with Gasteiger partial charge in [0.1, 0.15) is 5.82 Å². The number of aromatic nitrogens is 4. The van der Waals surface area contributed by atoms with E-state index in [0.29, 0.717) is 13.1 Å². The second kappa shape index (κ2) is 7.42. The van der Waals surface area contributed by atoms with Crippen LogP contribution >= 0.6 is 0 Å². The van der Waals surface area contributed by atoms with Crippen LogP contribution in [0.5, 0.6) is 0 Å². The number of nitrogens with zero attached hydrogens (tertiary/aromatic N) is 4. The number of carbonyl (C=O) groups excluding carboxylic acids is 1. The third-order valence-corrected chi connectivity index (χ3v) is 5.32. The van der Waals surface area contributed by atoms with Crippen LogP contribution in [0.2, 0.25) is 0 Å². The Labute approximate surface area is 158 Å². The number of fused-ring (bicyclic) bond motifs is 1. The van der Waals surface area contributed by atoms with E-state index >= 15 is 0 Å². The third kappa shape index (κ3) is 3.67. The van der Waals surface area contributed by atoms with Crippen molar-refractivity contribution in [3.8, 4) is 0 Å². The van der Waals surface area contributed by atoms with E-state index < -0.39 is 0 Å². The number of nitrogens with one attached hydrogen (secondary N) is 2. The summed E-state index contributed by atoms with van der Waals surface area (Å²) < 4.78 is 2.26. The molecule has 27 heavy (non-hydrogen) atoms. The molecule has 7 heteroatoms. The average molecular weight is 366 g/mol. The monoisotopic (exact) mass is 366 g/mol. The van der Waals surface area contributed by atoms with E-state index in [2.05, 4.69) is 62.3 Å². The first-order chi connectivity index (χ1) is 13.1. The van der Waals surface area contributed by atoms with Crippen molar-refractivity contribution in [3.63, 3.8) is 0 Å². The zero-order valence-electron chi connectivity index (χ0n) is 15.9. The summed E-state index contributed by atoms with van der Waals surface area (Å²) in [5.41, 5.74) is 2.42. The molecule has 2 N–H and O–H groups in total. The van der Waals surface area contributed by atoms with E-state index in [9.17, 15) is 4.79 Å². The third-order valence-electron chi connectivity index (χ3n) is 5.32. The van der Waals surface area contributed by atoms with Gasteiger partial charge in [0, 0.05) is 43.3 Å². The normalized spacial score (nSPS) is 17.4.